The van der Waals surface area contributed by atoms with Crippen LogP contribution in [0.3, 0.4) is 0 Å². The molecule has 0 amide bonds. The molecule has 1 aliphatic heterocycles. The Morgan fingerprint density at radius 2 is 2.42 bits per heavy atom. The van der Waals surface area contributed by atoms with Gasteiger partial charge in [0.1, 0.15) is 11.9 Å². The van der Waals surface area contributed by atoms with Gasteiger partial charge in [-0.25, -0.2) is 0 Å². The molecule has 0 spiro atoms. The van der Waals surface area contributed by atoms with Crippen LogP contribution in [0.4, 0.5) is 0 Å². The van der Waals surface area contributed by atoms with Crippen LogP contribution in [0.15, 0.2) is 23.0 Å². The lowest BCUT2D eigenvalue weighted by Gasteiger charge is -2.09. The van der Waals surface area contributed by atoms with Gasteiger partial charge in [0.05, 0.1) is 12.3 Å². The molecule has 104 valence electrons. The number of hydrogen-bond acceptors (Lipinski definition) is 6. The first kappa shape index (κ1) is 14.1. The lowest BCUT2D eigenvalue weighted by atomic mass is 10.2. The van der Waals surface area contributed by atoms with Gasteiger partial charge in [-0.1, -0.05) is 29.9 Å². The summed E-state index contributed by atoms with van der Waals surface area (Å²) in [6, 6.07) is 0. The predicted molar refractivity (Wildman–Crippen MR) is 76.1 cm³/mol. The Hall–Kier alpha value is -1.34. The van der Waals surface area contributed by atoms with Gasteiger partial charge in [0.25, 0.3) is 0 Å². The molecule has 0 aromatic carbocycles. The van der Waals surface area contributed by atoms with E-state index in [-0.39, 0.29) is 6.10 Å². The molecule has 1 aromatic rings. The minimum absolute atomic E-state index is 0.134. The highest BCUT2D eigenvalue weighted by Gasteiger charge is 2.21. The zero-order valence-electron chi connectivity index (χ0n) is 11.1. The first-order chi connectivity index (χ1) is 9.28. The summed E-state index contributed by atoms with van der Waals surface area (Å²) in [5, 5.41) is 13.1. The summed E-state index contributed by atoms with van der Waals surface area (Å²) < 4.78 is 1.98. The standard InChI is InChI=1S/C12H19N5OS/c1-3-5-17-11(7-13)14-15-12(17)19-8-10-6-9(4-2)16-18-10/h3,10H,1,4-8,13H2,2H3. The fourth-order valence-corrected chi connectivity index (χ4v) is 2.79. The molecule has 1 aliphatic rings. The van der Waals surface area contributed by atoms with Crippen LogP contribution in [0.2, 0.25) is 0 Å². The molecule has 7 heteroatoms. The molecule has 2 N–H and O–H groups in total. The van der Waals surface area contributed by atoms with Crippen molar-refractivity contribution in [3.8, 4) is 0 Å². The Morgan fingerprint density at radius 3 is 3.05 bits per heavy atom. The number of nitrogens with zero attached hydrogens (tertiary/aromatic N) is 4. The van der Waals surface area contributed by atoms with E-state index < -0.39 is 0 Å². The fourth-order valence-electron chi connectivity index (χ4n) is 1.84. The van der Waals surface area contributed by atoms with Crippen LogP contribution in [0.5, 0.6) is 0 Å². The van der Waals surface area contributed by atoms with Crippen molar-refractivity contribution in [3.05, 3.63) is 18.5 Å². The van der Waals surface area contributed by atoms with Crippen LogP contribution in [-0.2, 0) is 17.9 Å². The second-order valence-electron chi connectivity index (χ2n) is 4.26. The number of allylic oxidation sites excluding steroid dienone is 1. The Bertz CT molecular complexity index is 471. The SMILES string of the molecule is C=CCn1c(CN)nnc1SCC1CC(CC)=NO1. The molecular weight excluding hydrogens is 262 g/mol. The normalized spacial score (nSPS) is 18.2. The van der Waals surface area contributed by atoms with E-state index in [0.717, 1.165) is 35.3 Å². The summed E-state index contributed by atoms with van der Waals surface area (Å²) in [6.45, 7) is 6.88. The number of nitrogens with two attached hydrogens (primary N) is 1. The molecule has 0 saturated heterocycles. The van der Waals surface area contributed by atoms with Crippen LogP contribution in [0.25, 0.3) is 0 Å². The zero-order chi connectivity index (χ0) is 13.7. The summed E-state index contributed by atoms with van der Waals surface area (Å²) in [5.74, 6) is 1.59. The molecule has 0 radical (unpaired) electrons. The maximum absolute atomic E-state index is 5.64. The summed E-state index contributed by atoms with van der Waals surface area (Å²) in [6.07, 6.45) is 3.81. The van der Waals surface area contributed by atoms with E-state index in [1.807, 2.05) is 10.6 Å². The van der Waals surface area contributed by atoms with E-state index in [2.05, 4.69) is 28.9 Å². The van der Waals surface area contributed by atoms with Gasteiger partial charge in [-0.3, -0.25) is 0 Å². The van der Waals surface area contributed by atoms with Crippen molar-refractivity contribution in [2.24, 2.45) is 10.9 Å². The highest BCUT2D eigenvalue weighted by atomic mass is 32.2. The summed E-state index contributed by atoms with van der Waals surface area (Å²) in [7, 11) is 0. The van der Waals surface area contributed by atoms with Crippen LogP contribution in [-0.4, -0.2) is 32.3 Å². The van der Waals surface area contributed by atoms with E-state index in [1.54, 1.807) is 11.8 Å². The predicted octanol–water partition coefficient (Wildman–Crippen LogP) is 1.57. The molecule has 6 nitrogen and oxygen atoms in total. The van der Waals surface area contributed by atoms with Gasteiger partial charge in [0.2, 0.25) is 0 Å². The average molecular weight is 281 g/mol. The quantitative estimate of drug-likeness (QED) is 0.606. The average Bonchev–Trinajstić information content (AvgIpc) is 3.03. The maximum Gasteiger partial charge on any atom is 0.191 e. The molecule has 2 heterocycles. The topological polar surface area (TPSA) is 78.3 Å². The summed E-state index contributed by atoms with van der Waals surface area (Å²) in [4.78, 5) is 5.38. The minimum atomic E-state index is 0.134. The van der Waals surface area contributed by atoms with E-state index in [9.17, 15) is 0 Å². The maximum atomic E-state index is 5.64. The number of aromatic nitrogens is 3. The van der Waals surface area contributed by atoms with E-state index in [1.165, 1.54) is 0 Å². The highest BCUT2D eigenvalue weighted by molar-refractivity contribution is 7.99. The van der Waals surface area contributed by atoms with Gasteiger partial charge in [-0.2, -0.15) is 0 Å². The van der Waals surface area contributed by atoms with Gasteiger partial charge in [-0.15, -0.1) is 16.8 Å². The molecule has 2 rings (SSSR count). The van der Waals surface area contributed by atoms with Gasteiger partial charge in [0.15, 0.2) is 5.16 Å². The highest BCUT2D eigenvalue weighted by Crippen LogP contribution is 2.23. The molecular formula is C12H19N5OS. The first-order valence-electron chi connectivity index (χ1n) is 6.35. The Morgan fingerprint density at radius 1 is 1.58 bits per heavy atom. The Kier molecular flexibility index (Phi) is 4.98. The van der Waals surface area contributed by atoms with Gasteiger partial charge in [-0.05, 0) is 6.42 Å². The van der Waals surface area contributed by atoms with Crippen molar-refractivity contribution in [2.45, 2.75) is 44.1 Å². The van der Waals surface area contributed by atoms with Crippen molar-refractivity contribution >= 4 is 17.5 Å². The summed E-state index contributed by atoms with van der Waals surface area (Å²) >= 11 is 1.62. The Labute approximate surface area is 117 Å². The van der Waals surface area contributed by atoms with Crippen molar-refractivity contribution in [1.29, 1.82) is 0 Å². The van der Waals surface area contributed by atoms with Gasteiger partial charge in [0, 0.05) is 18.7 Å². The third-order valence-electron chi connectivity index (χ3n) is 2.89. The molecule has 1 atom stereocenters. The molecule has 0 fully saturated rings. The molecule has 0 saturated carbocycles. The third-order valence-corrected chi connectivity index (χ3v) is 3.99. The van der Waals surface area contributed by atoms with Crippen molar-refractivity contribution in [1.82, 2.24) is 14.8 Å². The second kappa shape index (κ2) is 6.72. The van der Waals surface area contributed by atoms with Crippen LogP contribution in [0.1, 0.15) is 25.6 Å². The van der Waals surface area contributed by atoms with Crippen molar-refractivity contribution < 1.29 is 4.84 Å². The smallest absolute Gasteiger partial charge is 0.191 e. The van der Waals surface area contributed by atoms with Gasteiger partial charge >= 0.3 is 0 Å². The fraction of sp³-hybridized carbons (Fsp3) is 0.583. The minimum Gasteiger partial charge on any atom is -0.391 e. The molecule has 19 heavy (non-hydrogen) atoms. The van der Waals surface area contributed by atoms with Crippen molar-refractivity contribution in [3.63, 3.8) is 0 Å². The largest absolute Gasteiger partial charge is 0.391 e. The van der Waals surface area contributed by atoms with E-state index in [0.29, 0.717) is 13.1 Å². The number of rotatable bonds is 7. The molecule has 1 aromatic heterocycles. The summed E-state index contributed by atoms with van der Waals surface area (Å²) in [5.41, 5.74) is 6.76. The second-order valence-corrected chi connectivity index (χ2v) is 5.24. The number of oxime groups is 1. The van der Waals surface area contributed by atoms with E-state index in [4.69, 9.17) is 10.6 Å². The van der Waals surface area contributed by atoms with Crippen LogP contribution < -0.4 is 5.73 Å². The monoisotopic (exact) mass is 281 g/mol. The Balaban J connectivity index is 1.93. The van der Waals surface area contributed by atoms with E-state index >= 15 is 0 Å². The zero-order valence-corrected chi connectivity index (χ0v) is 11.9. The molecule has 1 unspecified atom stereocenters. The first-order valence-corrected chi connectivity index (χ1v) is 7.34. The van der Waals surface area contributed by atoms with Crippen LogP contribution >= 0.6 is 11.8 Å². The lowest BCUT2D eigenvalue weighted by Crippen LogP contribution is -2.12. The van der Waals surface area contributed by atoms with Gasteiger partial charge < -0.3 is 15.1 Å². The number of thioether (sulfide) groups is 1. The van der Waals surface area contributed by atoms with Crippen molar-refractivity contribution in [2.75, 3.05) is 5.75 Å². The number of hydrogen-bond donors (Lipinski definition) is 1. The molecule has 0 bridgehead atoms. The van der Waals surface area contributed by atoms with Crippen LogP contribution in [0, 0.1) is 0 Å². The lowest BCUT2D eigenvalue weighted by molar-refractivity contribution is 0.103. The molecule has 0 aliphatic carbocycles. The third kappa shape index (κ3) is 3.36.